The molecule has 1 aromatic carbocycles. The minimum Gasteiger partial charge on any atom is -0.490 e. The standard InChI is InChI=1S/C23H32N4O5/c1-5-31-18-10-7-9-17(22(18)32-6-2)15-21(29)27-12-8-11-26(13-14-27)19-16-20(28)25(4)23(30)24(19)3/h7,9-10,16H,5-6,8,11-15H2,1-4H3. The Kier molecular flexibility index (Phi) is 7.61. The summed E-state index contributed by atoms with van der Waals surface area (Å²) in [6.07, 6.45) is 0.965. The molecule has 1 amide bonds. The van der Waals surface area contributed by atoms with E-state index in [9.17, 15) is 14.4 Å². The van der Waals surface area contributed by atoms with E-state index in [0.29, 0.717) is 56.7 Å². The Labute approximate surface area is 187 Å². The van der Waals surface area contributed by atoms with Crippen molar-refractivity contribution in [2.75, 3.05) is 44.3 Å². The third-order valence-electron chi connectivity index (χ3n) is 5.66. The average molecular weight is 445 g/mol. The van der Waals surface area contributed by atoms with Gasteiger partial charge in [-0.05, 0) is 26.3 Å². The predicted octanol–water partition coefficient (Wildman–Crippen LogP) is 1.16. The molecule has 0 aliphatic carbocycles. The molecule has 1 aromatic heterocycles. The van der Waals surface area contributed by atoms with Gasteiger partial charge in [0.05, 0.1) is 19.6 Å². The Bertz CT molecular complexity index is 1080. The molecule has 0 spiro atoms. The summed E-state index contributed by atoms with van der Waals surface area (Å²) in [7, 11) is 3.12. The third kappa shape index (κ3) is 4.98. The maximum Gasteiger partial charge on any atom is 0.332 e. The van der Waals surface area contributed by atoms with Gasteiger partial charge in [-0.25, -0.2) is 4.79 Å². The van der Waals surface area contributed by atoms with E-state index in [-0.39, 0.29) is 23.6 Å². The van der Waals surface area contributed by atoms with Gasteiger partial charge in [-0.1, -0.05) is 12.1 Å². The molecular weight excluding hydrogens is 412 g/mol. The maximum absolute atomic E-state index is 13.1. The second kappa shape index (κ2) is 10.4. The molecule has 1 aliphatic heterocycles. The number of hydrogen-bond acceptors (Lipinski definition) is 6. The highest BCUT2D eigenvalue weighted by Gasteiger charge is 2.23. The molecule has 0 atom stereocenters. The second-order valence-corrected chi connectivity index (χ2v) is 7.75. The summed E-state index contributed by atoms with van der Waals surface area (Å²) in [4.78, 5) is 41.3. The lowest BCUT2D eigenvalue weighted by Gasteiger charge is -2.25. The van der Waals surface area contributed by atoms with E-state index < -0.39 is 0 Å². The fourth-order valence-electron chi connectivity index (χ4n) is 3.97. The zero-order valence-electron chi connectivity index (χ0n) is 19.3. The summed E-state index contributed by atoms with van der Waals surface area (Å²) in [5.41, 5.74) is 0.109. The molecule has 174 valence electrons. The van der Waals surface area contributed by atoms with Crippen molar-refractivity contribution >= 4 is 11.7 Å². The first-order valence-electron chi connectivity index (χ1n) is 11.0. The van der Waals surface area contributed by atoms with E-state index in [0.717, 1.165) is 16.6 Å². The van der Waals surface area contributed by atoms with Crippen LogP contribution in [0, 0.1) is 0 Å². The van der Waals surface area contributed by atoms with Gasteiger partial charge in [0, 0.05) is 51.9 Å². The Balaban J connectivity index is 1.74. The van der Waals surface area contributed by atoms with Crippen LogP contribution in [0.15, 0.2) is 33.9 Å². The first-order chi connectivity index (χ1) is 15.4. The van der Waals surface area contributed by atoms with Crippen LogP contribution < -0.4 is 25.6 Å². The topological polar surface area (TPSA) is 86.0 Å². The van der Waals surface area contributed by atoms with Gasteiger partial charge in [-0.3, -0.25) is 18.7 Å². The normalized spacial score (nSPS) is 14.2. The first-order valence-corrected chi connectivity index (χ1v) is 11.0. The molecule has 1 fully saturated rings. The third-order valence-corrected chi connectivity index (χ3v) is 5.66. The number of ether oxygens (including phenoxy) is 2. The van der Waals surface area contributed by atoms with Gasteiger partial charge in [0.25, 0.3) is 5.56 Å². The number of benzene rings is 1. The number of nitrogens with zero attached hydrogens (tertiary/aromatic N) is 4. The Hall–Kier alpha value is -3.23. The number of rotatable bonds is 7. The van der Waals surface area contributed by atoms with Crippen molar-refractivity contribution in [1.82, 2.24) is 14.0 Å². The van der Waals surface area contributed by atoms with Crippen LogP contribution in [-0.4, -0.2) is 59.3 Å². The summed E-state index contributed by atoms with van der Waals surface area (Å²) in [5.74, 6) is 1.86. The van der Waals surface area contributed by atoms with Crippen LogP contribution in [-0.2, 0) is 25.3 Å². The van der Waals surface area contributed by atoms with Crippen LogP contribution in [0.4, 0.5) is 5.82 Å². The minimum absolute atomic E-state index is 0.0133. The van der Waals surface area contributed by atoms with Crippen molar-refractivity contribution in [1.29, 1.82) is 0 Å². The maximum atomic E-state index is 13.1. The van der Waals surface area contributed by atoms with E-state index in [1.165, 1.54) is 17.7 Å². The zero-order chi connectivity index (χ0) is 23.3. The van der Waals surface area contributed by atoms with Crippen LogP contribution in [0.5, 0.6) is 11.5 Å². The number of para-hydroxylation sites is 1. The highest BCUT2D eigenvalue weighted by molar-refractivity contribution is 5.80. The number of carbonyl (C=O) groups excluding carboxylic acids is 1. The molecule has 9 nitrogen and oxygen atoms in total. The first kappa shape index (κ1) is 23.4. The summed E-state index contributed by atoms with van der Waals surface area (Å²) < 4.78 is 14.0. The Morgan fingerprint density at radius 1 is 0.969 bits per heavy atom. The molecule has 1 aliphatic rings. The lowest BCUT2D eigenvalue weighted by atomic mass is 10.1. The number of hydrogen-bond donors (Lipinski definition) is 0. The van der Waals surface area contributed by atoms with Crippen LogP contribution in [0.3, 0.4) is 0 Å². The minimum atomic E-state index is -0.359. The van der Waals surface area contributed by atoms with Gasteiger partial charge in [0.15, 0.2) is 11.5 Å². The fourth-order valence-corrected chi connectivity index (χ4v) is 3.97. The molecule has 9 heteroatoms. The Morgan fingerprint density at radius 3 is 2.44 bits per heavy atom. The molecule has 32 heavy (non-hydrogen) atoms. The number of carbonyl (C=O) groups is 1. The van der Waals surface area contributed by atoms with E-state index in [1.807, 2.05) is 41.8 Å². The lowest BCUT2D eigenvalue weighted by Crippen LogP contribution is -2.41. The van der Waals surface area contributed by atoms with Crippen LogP contribution >= 0.6 is 0 Å². The monoisotopic (exact) mass is 444 g/mol. The van der Waals surface area contributed by atoms with Crippen molar-refractivity contribution in [2.24, 2.45) is 14.1 Å². The molecular formula is C23H32N4O5. The van der Waals surface area contributed by atoms with Crippen LogP contribution in [0.1, 0.15) is 25.8 Å². The van der Waals surface area contributed by atoms with Crippen molar-refractivity contribution in [3.05, 3.63) is 50.7 Å². The summed E-state index contributed by atoms with van der Waals surface area (Å²) in [6, 6.07) is 7.09. The van der Waals surface area contributed by atoms with Gasteiger partial charge < -0.3 is 19.3 Å². The molecule has 0 saturated carbocycles. The Morgan fingerprint density at radius 2 is 1.72 bits per heavy atom. The number of amides is 1. The highest BCUT2D eigenvalue weighted by Crippen LogP contribution is 2.32. The van der Waals surface area contributed by atoms with Gasteiger partial charge in [-0.2, -0.15) is 0 Å². The molecule has 3 rings (SSSR count). The van der Waals surface area contributed by atoms with E-state index >= 15 is 0 Å². The largest absolute Gasteiger partial charge is 0.490 e. The second-order valence-electron chi connectivity index (χ2n) is 7.75. The van der Waals surface area contributed by atoms with Gasteiger partial charge >= 0.3 is 5.69 Å². The van der Waals surface area contributed by atoms with Crippen molar-refractivity contribution < 1.29 is 14.3 Å². The number of aromatic nitrogens is 2. The van der Waals surface area contributed by atoms with Crippen LogP contribution in [0.25, 0.3) is 0 Å². The molecule has 1 saturated heterocycles. The van der Waals surface area contributed by atoms with Crippen molar-refractivity contribution in [2.45, 2.75) is 26.7 Å². The van der Waals surface area contributed by atoms with Crippen LogP contribution in [0.2, 0.25) is 0 Å². The van der Waals surface area contributed by atoms with Gasteiger partial charge in [-0.15, -0.1) is 0 Å². The zero-order valence-corrected chi connectivity index (χ0v) is 19.3. The van der Waals surface area contributed by atoms with Crippen molar-refractivity contribution in [3.63, 3.8) is 0 Å². The summed E-state index contributed by atoms with van der Waals surface area (Å²) in [6.45, 7) is 7.15. The lowest BCUT2D eigenvalue weighted by molar-refractivity contribution is -0.130. The van der Waals surface area contributed by atoms with E-state index in [2.05, 4.69) is 0 Å². The van der Waals surface area contributed by atoms with E-state index in [4.69, 9.17) is 9.47 Å². The SMILES string of the molecule is CCOc1cccc(CC(=O)N2CCCN(c3cc(=O)n(C)c(=O)n3C)CC2)c1OCC. The molecule has 0 bridgehead atoms. The van der Waals surface area contributed by atoms with E-state index in [1.54, 1.807) is 7.05 Å². The summed E-state index contributed by atoms with van der Waals surface area (Å²) in [5, 5.41) is 0. The summed E-state index contributed by atoms with van der Waals surface area (Å²) >= 11 is 0. The predicted molar refractivity (Wildman–Crippen MR) is 123 cm³/mol. The molecule has 0 unspecified atom stereocenters. The van der Waals surface area contributed by atoms with Crippen molar-refractivity contribution in [3.8, 4) is 11.5 Å². The quantitative estimate of drug-likeness (QED) is 0.637. The number of anilines is 1. The van der Waals surface area contributed by atoms with Gasteiger partial charge in [0.2, 0.25) is 5.91 Å². The smallest absolute Gasteiger partial charge is 0.332 e. The van der Waals surface area contributed by atoms with Gasteiger partial charge in [0.1, 0.15) is 5.82 Å². The molecule has 0 radical (unpaired) electrons. The molecule has 2 heterocycles. The molecule has 2 aromatic rings. The highest BCUT2D eigenvalue weighted by atomic mass is 16.5. The fraction of sp³-hybridized carbons (Fsp3) is 0.522. The molecule has 0 N–H and O–H groups in total. The average Bonchev–Trinajstić information content (AvgIpc) is 3.03.